The maximum Gasteiger partial charge on any atom is 0.248 e. The molecule has 3 aromatic carbocycles. The number of rotatable bonds is 4. The zero-order chi connectivity index (χ0) is 20.7. The zero-order valence-corrected chi connectivity index (χ0v) is 16.0. The molecule has 0 N–H and O–H groups in total. The number of hydrogen-bond acceptors (Lipinski definition) is 5. The summed E-state index contributed by atoms with van der Waals surface area (Å²) in [5.41, 5.74) is 2.99. The number of fused-ring (bicyclic) bond motifs is 3. The number of Topliss-reactive ketones (excluding diaryl/α,β-unsaturated/α-hetero) is 1. The van der Waals surface area contributed by atoms with E-state index in [0.29, 0.717) is 5.56 Å². The first-order valence-corrected chi connectivity index (χ1v) is 9.86. The van der Waals surface area contributed by atoms with Crippen molar-refractivity contribution in [2.24, 2.45) is 5.10 Å². The highest BCUT2D eigenvalue weighted by Gasteiger charge is 2.60. The number of hydrazone groups is 1. The molecule has 0 radical (unpaired) electrons. The second kappa shape index (κ2) is 7.22. The molecule has 30 heavy (non-hydrogen) atoms. The van der Waals surface area contributed by atoms with Crippen LogP contribution in [0.1, 0.15) is 39.0 Å². The lowest BCUT2D eigenvalue weighted by Crippen LogP contribution is -2.38. The second-order valence-electron chi connectivity index (χ2n) is 7.59. The average Bonchev–Trinajstić information content (AvgIpc) is 3.16. The second-order valence-corrected chi connectivity index (χ2v) is 7.59. The Kier molecular flexibility index (Phi) is 4.39. The first-order valence-electron chi connectivity index (χ1n) is 9.86. The molecule has 3 aromatic rings. The number of benzene rings is 3. The topological polar surface area (TPSA) is 75.8 Å². The third kappa shape index (κ3) is 2.80. The van der Waals surface area contributed by atoms with Crippen molar-refractivity contribution >= 4 is 12.0 Å². The highest BCUT2D eigenvalue weighted by Crippen LogP contribution is 2.49. The molecule has 1 saturated heterocycles. The lowest BCUT2D eigenvalue weighted by atomic mass is 9.82. The molecular formula is C24H19N3O3. The van der Waals surface area contributed by atoms with Crippen molar-refractivity contribution in [1.29, 1.82) is 0 Å². The predicted octanol–water partition coefficient (Wildman–Crippen LogP) is 4.07. The van der Waals surface area contributed by atoms with Crippen LogP contribution in [0.2, 0.25) is 0 Å². The van der Waals surface area contributed by atoms with Gasteiger partial charge in [0.05, 0.1) is 12.1 Å². The van der Waals surface area contributed by atoms with Crippen LogP contribution in [-0.2, 0) is 0 Å². The molecule has 0 unspecified atom stereocenters. The van der Waals surface area contributed by atoms with E-state index >= 15 is 0 Å². The summed E-state index contributed by atoms with van der Waals surface area (Å²) in [5.74, 6) is -0.780. The van der Waals surface area contributed by atoms with Crippen molar-refractivity contribution in [3.63, 3.8) is 0 Å². The van der Waals surface area contributed by atoms with Gasteiger partial charge in [0, 0.05) is 16.1 Å². The summed E-state index contributed by atoms with van der Waals surface area (Å²) in [6.07, 6.45) is 1.70. The lowest BCUT2D eigenvalue weighted by Gasteiger charge is -2.30. The molecule has 5 rings (SSSR count). The van der Waals surface area contributed by atoms with Crippen LogP contribution in [0.25, 0.3) is 0 Å². The fourth-order valence-corrected chi connectivity index (χ4v) is 4.73. The monoisotopic (exact) mass is 397 g/mol. The van der Waals surface area contributed by atoms with E-state index in [1.54, 1.807) is 35.5 Å². The van der Waals surface area contributed by atoms with Gasteiger partial charge in [-0.1, -0.05) is 84.9 Å². The maximum absolute atomic E-state index is 13.6. The van der Waals surface area contributed by atoms with Gasteiger partial charge in [-0.25, -0.2) is 0 Å². The van der Waals surface area contributed by atoms with E-state index in [1.165, 1.54) is 0 Å². The van der Waals surface area contributed by atoms with E-state index in [-0.39, 0.29) is 10.7 Å². The van der Waals surface area contributed by atoms with Gasteiger partial charge in [0.2, 0.25) is 6.04 Å². The molecule has 0 amide bonds. The maximum atomic E-state index is 13.6. The fraction of sp³-hybridized carbons (Fsp3) is 0.167. The molecule has 0 spiro atoms. The average molecular weight is 397 g/mol. The van der Waals surface area contributed by atoms with E-state index in [1.807, 2.05) is 60.7 Å². The van der Waals surface area contributed by atoms with Crippen LogP contribution < -0.4 is 0 Å². The molecule has 0 aliphatic carbocycles. The highest BCUT2D eigenvalue weighted by atomic mass is 16.6. The normalized spacial score (nSPS) is 24.2. The molecule has 6 heteroatoms. The summed E-state index contributed by atoms with van der Waals surface area (Å²) in [5, 5.41) is 18.6. The van der Waals surface area contributed by atoms with E-state index in [4.69, 9.17) is 0 Å². The number of ketones is 1. The summed E-state index contributed by atoms with van der Waals surface area (Å²) in [4.78, 5) is 25.8. The first kappa shape index (κ1) is 18.2. The Hall–Kier alpha value is -3.80. The van der Waals surface area contributed by atoms with Crippen LogP contribution in [-0.4, -0.2) is 34.0 Å². The summed E-state index contributed by atoms with van der Waals surface area (Å²) < 4.78 is 0. The van der Waals surface area contributed by atoms with Crippen LogP contribution in [0.3, 0.4) is 0 Å². The van der Waals surface area contributed by atoms with Crippen molar-refractivity contribution in [2.45, 2.75) is 24.0 Å². The summed E-state index contributed by atoms with van der Waals surface area (Å²) >= 11 is 0. The number of carbonyl (C=O) groups excluding carboxylic acids is 1. The lowest BCUT2D eigenvalue weighted by molar-refractivity contribution is -0.529. The van der Waals surface area contributed by atoms with Crippen molar-refractivity contribution in [1.82, 2.24) is 5.01 Å². The Morgan fingerprint density at radius 2 is 1.53 bits per heavy atom. The molecule has 4 atom stereocenters. The molecule has 0 saturated carbocycles. The van der Waals surface area contributed by atoms with Crippen LogP contribution in [0.4, 0.5) is 0 Å². The Labute approximate surface area is 173 Å². The number of nitrogens with zero attached hydrogens (tertiary/aromatic N) is 3. The van der Waals surface area contributed by atoms with Gasteiger partial charge in [-0.3, -0.25) is 19.9 Å². The van der Waals surface area contributed by atoms with Gasteiger partial charge < -0.3 is 0 Å². The minimum atomic E-state index is -0.997. The van der Waals surface area contributed by atoms with Gasteiger partial charge in [-0.15, -0.1) is 0 Å². The summed E-state index contributed by atoms with van der Waals surface area (Å²) in [6.45, 7) is 0. The van der Waals surface area contributed by atoms with Crippen molar-refractivity contribution in [3.05, 3.63) is 117 Å². The predicted molar refractivity (Wildman–Crippen MR) is 113 cm³/mol. The largest absolute Gasteiger partial charge is 0.292 e. The first-order chi connectivity index (χ1) is 14.7. The van der Waals surface area contributed by atoms with Gasteiger partial charge in [0.15, 0.2) is 5.78 Å². The Morgan fingerprint density at radius 3 is 2.23 bits per heavy atom. The summed E-state index contributed by atoms with van der Waals surface area (Å²) in [7, 11) is 0. The minimum Gasteiger partial charge on any atom is -0.292 e. The minimum absolute atomic E-state index is 0.157. The Bertz CT molecular complexity index is 1130. The molecule has 0 aromatic heterocycles. The zero-order valence-electron chi connectivity index (χ0n) is 16.0. The smallest absolute Gasteiger partial charge is 0.248 e. The van der Waals surface area contributed by atoms with E-state index in [0.717, 1.165) is 16.7 Å². The quantitative estimate of drug-likeness (QED) is 0.378. The van der Waals surface area contributed by atoms with Gasteiger partial charge in [0.1, 0.15) is 12.1 Å². The van der Waals surface area contributed by atoms with Crippen LogP contribution in [0.15, 0.2) is 90.0 Å². The van der Waals surface area contributed by atoms with Crippen molar-refractivity contribution in [3.8, 4) is 0 Å². The number of hydrogen-bond donors (Lipinski definition) is 0. The van der Waals surface area contributed by atoms with E-state index < -0.39 is 24.0 Å². The van der Waals surface area contributed by atoms with Crippen LogP contribution >= 0.6 is 0 Å². The molecule has 2 heterocycles. The molecule has 148 valence electrons. The van der Waals surface area contributed by atoms with Crippen molar-refractivity contribution in [2.75, 3.05) is 0 Å². The third-order valence-electron chi connectivity index (χ3n) is 6.00. The number of nitro groups is 1. The molecular weight excluding hydrogens is 378 g/mol. The highest BCUT2D eigenvalue weighted by molar-refractivity contribution is 6.01. The van der Waals surface area contributed by atoms with Gasteiger partial charge in [0.25, 0.3) is 0 Å². The molecule has 6 nitrogen and oxygen atoms in total. The van der Waals surface area contributed by atoms with E-state index in [9.17, 15) is 14.9 Å². The molecule has 2 aliphatic heterocycles. The van der Waals surface area contributed by atoms with Crippen molar-refractivity contribution < 1.29 is 9.72 Å². The van der Waals surface area contributed by atoms with Crippen LogP contribution in [0.5, 0.6) is 0 Å². The molecule has 1 fully saturated rings. The summed E-state index contributed by atoms with van der Waals surface area (Å²) in [6, 6.07) is 23.4. The Balaban J connectivity index is 1.71. The molecule has 0 bridgehead atoms. The van der Waals surface area contributed by atoms with Gasteiger partial charge in [-0.2, -0.15) is 5.10 Å². The SMILES string of the molecule is O=C(c1ccccc1)[C@@H]1[C@@H](c2ccccc2)[C@@H]([N+](=O)[O-])[C@@H]2c3ccccc3C=NN12. The molecule has 2 aliphatic rings. The third-order valence-corrected chi connectivity index (χ3v) is 6.00. The number of carbonyl (C=O) groups is 1. The Morgan fingerprint density at radius 1 is 0.900 bits per heavy atom. The standard InChI is InChI=1S/C24H19N3O3/c28-24(17-11-5-2-6-12-17)23-20(16-9-3-1-4-10-16)22(27(29)30)21-19-14-8-7-13-18(19)15-25-26(21)23/h1-15,20-23H/t20-,21-,22+,23-/m0/s1. The fourth-order valence-electron chi connectivity index (χ4n) is 4.73. The van der Waals surface area contributed by atoms with E-state index in [2.05, 4.69) is 5.10 Å². The van der Waals surface area contributed by atoms with Gasteiger partial charge >= 0.3 is 0 Å². The van der Waals surface area contributed by atoms with Gasteiger partial charge in [-0.05, 0) is 11.1 Å². The van der Waals surface area contributed by atoms with Crippen LogP contribution in [0, 0.1) is 10.1 Å².